The van der Waals surface area contributed by atoms with Crippen LogP contribution in [0.1, 0.15) is 26.5 Å². The molecule has 1 rings (SSSR count). The first kappa shape index (κ1) is 13.9. The number of aromatic nitrogens is 1. The van der Waals surface area contributed by atoms with Crippen LogP contribution in [0.25, 0.3) is 0 Å². The van der Waals surface area contributed by atoms with Gasteiger partial charge in [-0.15, -0.1) is 0 Å². The van der Waals surface area contributed by atoms with Crippen molar-refractivity contribution in [2.45, 2.75) is 33.0 Å². The van der Waals surface area contributed by atoms with Crippen LogP contribution in [-0.2, 0) is 16.1 Å². The average molecular weight is 239 g/mol. The van der Waals surface area contributed by atoms with Gasteiger partial charge in [0.25, 0.3) is 0 Å². The summed E-state index contributed by atoms with van der Waals surface area (Å²) in [6.07, 6.45) is 0. The van der Waals surface area contributed by atoms with Crippen molar-refractivity contribution in [3.63, 3.8) is 0 Å². The molecule has 0 aliphatic carbocycles. The molecule has 0 saturated heterocycles. The van der Waals surface area contributed by atoms with Gasteiger partial charge in [-0.2, -0.15) is 0 Å². The normalized spacial score (nSPS) is 11.5. The van der Waals surface area contributed by atoms with E-state index >= 15 is 0 Å². The largest absolute Gasteiger partial charge is 0.373 e. The van der Waals surface area contributed by atoms with Gasteiger partial charge in [-0.25, -0.2) is 10.8 Å². The lowest BCUT2D eigenvalue weighted by Crippen LogP contribution is -2.21. The highest BCUT2D eigenvalue weighted by Crippen LogP contribution is 2.07. The molecule has 1 aromatic heterocycles. The van der Waals surface area contributed by atoms with Crippen molar-refractivity contribution in [1.29, 1.82) is 0 Å². The van der Waals surface area contributed by atoms with E-state index < -0.39 is 0 Å². The number of anilines is 1. The molecular formula is C12H21N3O2. The molecule has 0 bridgehead atoms. The number of nitrogen functional groups attached to an aromatic ring is 1. The summed E-state index contributed by atoms with van der Waals surface area (Å²) in [5.41, 5.74) is 3.22. The minimum atomic E-state index is -0.120. The maximum atomic E-state index is 5.53. The highest BCUT2D eigenvalue weighted by atomic mass is 16.5. The fourth-order valence-corrected chi connectivity index (χ4v) is 1.22. The van der Waals surface area contributed by atoms with E-state index in [4.69, 9.17) is 15.3 Å². The van der Waals surface area contributed by atoms with Crippen LogP contribution in [-0.4, -0.2) is 23.8 Å². The van der Waals surface area contributed by atoms with E-state index in [1.165, 1.54) is 0 Å². The first-order chi connectivity index (χ1) is 8.01. The number of nitrogens with two attached hydrogens (primary N) is 1. The number of pyridine rings is 1. The number of nitrogens with zero attached hydrogens (tertiary/aromatic N) is 1. The lowest BCUT2D eigenvalue weighted by molar-refractivity contribution is -0.0380. The maximum Gasteiger partial charge on any atom is 0.140 e. The summed E-state index contributed by atoms with van der Waals surface area (Å²) in [4.78, 5) is 4.24. The first-order valence-corrected chi connectivity index (χ1v) is 5.65. The van der Waals surface area contributed by atoms with Gasteiger partial charge >= 0.3 is 0 Å². The Morgan fingerprint density at radius 2 is 2.06 bits per heavy atom. The molecule has 0 aliphatic rings. The molecule has 0 saturated carbocycles. The van der Waals surface area contributed by atoms with Gasteiger partial charge < -0.3 is 14.9 Å². The molecule has 0 spiro atoms. The van der Waals surface area contributed by atoms with E-state index in [1.54, 1.807) is 6.07 Å². The maximum absolute atomic E-state index is 5.53. The zero-order valence-corrected chi connectivity index (χ0v) is 10.7. The minimum Gasteiger partial charge on any atom is -0.373 e. The van der Waals surface area contributed by atoms with Crippen molar-refractivity contribution in [1.82, 2.24) is 4.98 Å². The Morgan fingerprint density at radius 1 is 1.29 bits per heavy atom. The number of nitrogens with one attached hydrogen (secondary N) is 1. The van der Waals surface area contributed by atoms with Crippen LogP contribution in [0.4, 0.5) is 5.82 Å². The summed E-state index contributed by atoms with van der Waals surface area (Å²) in [7, 11) is 0. The zero-order valence-electron chi connectivity index (χ0n) is 10.7. The van der Waals surface area contributed by atoms with Crippen LogP contribution < -0.4 is 11.3 Å². The third-order valence-corrected chi connectivity index (χ3v) is 1.97. The fourth-order valence-electron chi connectivity index (χ4n) is 1.22. The summed E-state index contributed by atoms with van der Waals surface area (Å²) in [5, 5.41) is 0. The van der Waals surface area contributed by atoms with E-state index in [9.17, 15) is 0 Å². The molecule has 3 N–H and O–H groups in total. The Bertz CT molecular complexity index is 337. The zero-order chi connectivity index (χ0) is 12.7. The number of hydrogen-bond donors (Lipinski definition) is 2. The molecule has 0 unspecified atom stereocenters. The van der Waals surface area contributed by atoms with Crippen LogP contribution in [0.2, 0.25) is 0 Å². The second-order valence-corrected chi connectivity index (χ2v) is 4.67. The average Bonchev–Trinajstić information content (AvgIpc) is 2.27. The van der Waals surface area contributed by atoms with Gasteiger partial charge in [0.05, 0.1) is 31.1 Å². The second-order valence-electron chi connectivity index (χ2n) is 4.67. The molecule has 1 heterocycles. The summed E-state index contributed by atoms with van der Waals surface area (Å²) in [5.74, 6) is 5.91. The van der Waals surface area contributed by atoms with Gasteiger partial charge in [0, 0.05) is 0 Å². The molecule has 5 heteroatoms. The minimum absolute atomic E-state index is 0.120. The third kappa shape index (κ3) is 6.21. The van der Waals surface area contributed by atoms with Gasteiger partial charge in [0.15, 0.2) is 0 Å². The van der Waals surface area contributed by atoms with Gasteiger partial charge in [0.2, 0.25) is 0 Å². The van der Waals surface area contributed by atoms with Crippen molar-refractivity contribution in [3.8, 4) is 0 Å². The van der Waals surface area contributed by atoms with Crippen molar-refractivity contribution >= 4 is 5.82 Å². The molecule has 0 aliphatic heterocycles. The number of ether oxygens (including phenoxy) is 2. The highest BCUT2D eigenvalue weighted by molar-refractivity contribution is 5.33. The molecule has 0 amide bonds. The second kappa shape index (κ2) is 6.54. The Kier molecular flexibility index (Phi) is 5.34. The lowest BCUT2D eigenvalue weighted by atomic mass is 10.2. The van der Waals surface area contributed by atoms with Crippen LogP contribution in [0.5, 0.6) is 0 Å². The first-order valence-electron chi connectivity index (χ1n) is 5.65. The van der Waals surface area contributed by atoms with Crippen molar-refractivity contribution in [2.75, 3.05) is 18.6 Å². The predicted octanol–water partition coefficient (Wildman–Crippen LogP) is 1.70. The number of rotatable bonds is 6. The molecule has 96 valence electrons. The van der Waals surface area contributed by atoms with Crippen LogP contribution in [0.15, 0.2) is 18.2 Å². The van der Waals surface area contributed by atoms with Crippen LogP contribution in [0, 0.1) is 0 Å². The van der Waals surface area contributed by atoms with E-state index in [1.807, 2.05) is 32.9 Å². The summed E-state index contributed by atoms with van der Waals surface area (Å²) in [6, 6.07) is 5.57. The number of hydrazine groups is 1. The molecule has 0 atom stereocenters. The summed E-state index contributed by atoms with van der Waals surface area (Å²) in [6.45, 7) is 7.65. The van der Waals surface area contributed by atoms with Gasteiger partial charge in [-0.05, 0) is 32.9 Å². The molecule has 17 heavy (non-hydrogen) atoms. The Labute approximate surface area is 102 Å². The summed E-state index contributed by atoms with van der Waals surface area (Å²) >= 11 is 0. The van der Waals surface area contributed by atoms with E-state index in [-0.39, 0.29) is 5.60 Å². The van der Waals surface area contributed by atoms with Crippen LogP contribution in [0.3, 0.4) is 0 Å². The van der Waals surface area contributed by atoms with Crippen molar-refractivity contribution in [3.05, 3.63) is 23.9 Å². The van der Waals surface area contributed by atoms with Gasteiger partial charge in [-0.1, -0.05) is 6.07 Å². The van der Waals surface area contributed by atoms with Gasteiger partial charge in [0.1, 0.15) is 5.82 Å². The monoisotopic (exact) mass is 239 g/mol. The highest BCUT2D eigenvalue weighted by Gasteiger charge is 2.08. The molecule has 0 radical (unpaired) electrons. The Balaban J connectivity index is 2.22. The Hall–Kier alpha value is -1.17. The SMILES string of the molecule is CC(C)(C)OCCOCc1cccc(NN)n1. The Morgan fingerprint density at radius 3 is 2.71 bits per heavy atom. The molecule has 0 fully saturated rings. The topological polar surface area (TPSA) is 69.4 Å². The lowest BCUT2D eigenvalue weighted by Gasteiger charge is -2.19. The molecule has 1 aromatic rings. The van der Waals surface area contributed by atoms with E-state index in [0.29, 0.717) is 25.6 Å². The smallest absolute Gasteiger partial charge is 0.140 e. The summed E-state index contributed by atoms with van der Waals surface area (Å²) < 4.78 is 11.0. The molecule has 0 aromatic carbocycles. The molecule has 5 nitrogen and oxygen atoms in total. The quantitative estimate of drug-likeness (QED) is 0.449. The number of hydrogen-bond acceptors (Lipinski definition) is 5. The predicted molar refractivity (Wildman–Crippen MR) is 67.4 cm³/mol. The van der Waals surface area contributed by atoms with E-state index in [2.05, 4.69) is 10.4 Å². The molecular weight excluding hydrogens is 218 g/mol. The van der Waals surface area contributed by atoms with Crippen LogP contribution >= 0.6 is 0 Å². The fraction of sp³-hybridized carbons (Fsp3) is 0.583. The van der Waals surface area contributed by atoms with Crippen molar-refractivity contribution in [2.24, 2.45) is 5.84 Å². The van der Waals surface area contributed by atoms with Crippen molar-refractivity contribution < 1.29 is 9.47 Å². The van der Waals surface area contributed by atoms with E-state index in [0.717, 1.165) is 5.69 Å². The third-order valence-electron chi connectivity index (χ3n) is 1.97. The standard InChI is InChI=1S/C12H21N3O2/c1-12(2,3)17-8-7-16-9-10-5-4-6-11(14-10)15-13/h4-6H,7-9,13H2,1-3H3,(H,14,15). The van der Waals surface area contributed by atoms with Gasteiger partial charge in [-0.3, -0.25) is 0 Å².